The first-order valence-electron chi connectivity index (χ1n) is 3.77. The van der Waals surface area contributed by atoms with E-state index in [-0.39, 0.29) is 17.6 Å². The number of halogens is 1. The lowest BCUT2D eigenvalue weighted by atomic mass is 9.74. The SMILES string of the molecule is CC(=O)[C@H](C)[C@@H]1CC[C@@H]1F. The van der Waals surface area contributed by atoms with Crippen LogP contribution >= 0.6 is 0 Å². The average molecular weight is 144 g/mol. The van der Waals surface area contributed by atoms with Gasteiger partial charge in [-0.2, -0.15) is 0 Å². The van der Waals surface area contributed by atoms with E-state index in [1.165, 1.54) is 6.92 Å². The Bertz CT molecular complexity index is 144. The van der Waals surface area contributed by atoms with Crippen LogP contribution in [0.3, 0.4) is 0 Å². The Morgan fingerprint density at radius 2 is 2.20 bits per heavy atom. The highest BCUT2D eigenvalue weighted by atomic mass is 19.1. The zero-order chi connectivity index (χ0) is 7.72. The summed E-state index contributed by atoms with van der Waals surface area (Å²) in [6.45, 7) is 3.36. The van der Waals surface area contributed by atoms with Gasteiger partial charge in [0.1, 0.15) is 12.0 Å². The largest absolute Gasteiger partial charge is 0.300 e. The van der Waals surface area contributed by atoms with Crippen molar-refractivity contribution in [2.45, 2.75) is 32.9 Å². The summed E-state index contributed by atoms with van der Waals surface area (Å²) in [7, 11) is 0. The van der Waals surface area contributed by atoms with Gasteiger partial charge in [0.15, 0.2) is 0 Å². The number of Topliss-reactive ketones (excluding diaryl/α,β-unsaturated/α-hetero) is 1. The van der Waals surface area contributed by atoms with Crippen molar-refractivity contribution in [1.82, 2.24) is 0 Å². The van der Waals surface area contributed by atoms with Gasteiger partial charge in [-0.25, -0.2) is 4.39 Å². The minimum Gasteiger partial charge on any atom is -0.300 e. The van der Waals surface area contributed by atoms with E-state index in [9.17, 15) is 9.18 Å². The summed E-state index contributed by atoms with van der Waals surface area (Å²) in [5, 5.41) is 0. The van der Waals surface area contributed by atoms with Crippen LogP contribution in [0.25, 0.3) is 0 Å². The van der Waals surface area contributed by atoms with Gasteiger partial charge < -0.3 is 0 Å². The number of hydrogen-bond acceptors (Lipinski definition) is 1. The van der Waals surface area contributed by atoms with E-state index >= 15 is 0 Å². The van der Waals surface area contributed by atoms with E-state index < -0.39 is 6.17 Å². The van der Waals surface area contributed by atoms with Crippen molar-refractivity contribution in [2.24, 2.45) is 11.8 Å². The highest BCUT2D eigenvalue weighted by molar-refractivity contribution is 5.78. The summed E-state index contributed by atoms with van der Waals surface area (Å²) >= 11 is 0. The molecule has 0 aromatic heterocycles. The third-order valence-electron chi connectivity index (χ3n) is 2.52. The molecule has 10 heavy (non-hydrogen) atoms. The Labute approximate surface area is 60.6 Å². The fourth-order valence-corrected chi connectivity index (χ4v) is 1.35. The predicted molar refractivity (Wildman–Crippen MR) is 37.5 cm³/mol. The van der Waals surface area contributed by atoms with E-state index in [1.807, 2.05) is 6.92 Å². The monoisotopic (exact) mass is 144 g/mol. The first-order valence-corrected chi connectivity index (χ1v) is 3.77. The van der Waals surface area contributed by atoms with Crippen molar-refractivity contribution in [3.63, 3.8) is 0 Å². The number of carbonyl (C=O) groups is 1. The van der Waals surface area contributed by atoms with Crippen LogP contribution in [0.2, 0.25) is 0 Å². The first-order chi connectivity index (χ1) is 4.63. The molecule has 0 radical (unpaired) electrons. The Morgan fingerprint density at radius 1 is 1.60 bits per heavy atom. The van der Waals surface area contributed by atoms with E-state index in [1.54, 1.807) is 0 Å². The molecule has 0 N–H and O–H groups in total. The van der Waals surface area contributed by atoms with Crippen LogP contribution < -0.4 is 0 Å². The summed E-state index contributed by atoms with van der Waals surface area (Å²) < 4.78 is 12.6. The quantitative estimate of drug-likeness (QED) is 0.579. The Hall–Kier alpha value is -0.400. The van der Waals surface area contributed by atoms with Gasteiger partial charge in [0, 0.05) is 5.92 Å². The molecular weight excluding hydrogens is 131 g/mol. The summed E-state index contributed by atoms with van der Waals surface area (Å²) in [6, 6.07) is 0. The molecular formula is C8H13FO. The second kappa shape index (κ2) is 2.69. The van der Waals surface area contributed by atoms with Crippen LogP contribution in [0.5, 0.6) is 0 Å². The molecule has 1 aliphatic carbocycles. The fourth-order valence-electron chi connectivity index (χ4n) is 1.35. The summed E-state index contributed by atoms with van der Waals surface area (Å²) in [4.78, 5) is 10.8. The van der Waals surface area contributed by atoms with Crippen molar-refractivity contribution in [3.8, 4) is 0 Å². The molecule has 0 saturated heterocycles. The van der Waals surface area contributed by atoms with Crippen molar-refractivity contribution >= 4 is 5.78 Å². The van der Waals surface area contributed by atoms with E-state index in [0.29, 0.717) is 6.42 Å². The molecule has 0 heterocycles. The van der Waals surface area contributed by atoms with E-state index in [2.05, 4.69) is 0 Å². The molecule has 0 unspecified atom stereocenters. The van der Waals surface area contributed by atoms with Crippen LogP contribution in [-0.2, 0) is 4.79 Å². The molecule has 3 atom stereocenters. The number of ketones is 1. The standard InChI is InChI=1S/C8H13FO/c1-5(6(2)10)7-3-4-8(7)9/h5,7-8H,3-4H2,1-2H3/t5-,7-,8-/m0/s1. The molecule has 0 spiro atoms. The number of alkyl halides is 1. The van der Waals surface area contributed by atoms with Gasteiger partial charge in [-0.05, 0) is 25.7 Å². The minimum atomic E-state index is -0.709. The van der Waals surface area contributed by atoms with Gasteiger partial charge in [-0.15, -0.1) is 0 Å². The van der Waals surface area contributed by atoms with E-state index in [0.717, 1.165) is 6.42 Å². The average Bonchev–Trinajstić information content (AvgIpc) is 1.84. The molecule has 1 nitrogen and oxygen atoms in total. The third kappa shape index (κ3) is 1.20. The molecule has 1 fully saturated rings. The second-order valence-corrected chi connectivity index (χ2v) is 3.16. The van der Waals surface area contributed by atoms with Gasteiger partial charge in [0.2, 0.25) is 0 Å². The van der Waals surface area contributed by atoms with Crippen molar-refractivity contribution in [3.05, 3.63) is 0 Å². The van der Waals surface area contributed by atoms with Crippen molar-refractivity contribution < 1.29 is 9.18 Å². The predicted octanol–water partition coefficient (Wildman–Crippen LogP) is 1.96. The fraction of sp³-hybridized carbons (Fsp3) is 0.875. The zero-order valence-electron chi connectivity index (χ0n) is 6.43. The molecule has 1 aliphatic rings. The first kappa shape index (κ1) is 7.70. The minimum absolute atomic E-state index is 0.0255. The molecule has 1 rings (SSSR count). The maximum absolute atomic E-state index is 12.6. The van der Waals surface area contributed by atoms with Gasteiger partial charge in [-0.3, -0.25) is 4.79 Å². The van der Waals surface area contributed by atoms with Crippen molar-refractivity contribution in [1.29, 1.82) is 0 Å². The van der Waals surface area contributed by atoms with Crippen LogP contribution in [0.4, 0.5) is 4.39 Å². The molecule has 0 aromatic rings. The molecule has 0 aliphatic heterocycles. The summed E-state index contributed by atoms with van der Waals surface area (Å²) in [5.74, 6) is 0.0774. The molecule has 58 valence electrons. The van der Waals surface area contributed by atoms with Crippen LogP contribution in [0.15, 0.2) is 0 Å². The van der Waals surface area contributed by atoms with Crippen LogP contribution in [-0.4, -0.2) is 12.0 Å². The molecule has 2 heteroatoms. The maximum Gasteiger partial charge on any atom is 0.133 e. The Balaban J connectivity index is 2.41. The molecule has 1 saturated carbocycles. The third-order valence-corrected chi connectivity index (χ3v) is 2.52. The summed E-state index contributed by atoms with van der Waals surface area (Å²) in [5.41, 5.74) is 0. The highest BCUT2D eigenvalue weighted by Crippen LogP contribution is 2.36. The van der Waals surface area contributed by atoms with Crippen LogP contribution in [0, 0.1) is 11.8 Å². The Morgan fingerprint density at radius 3 is 2.30 bits per heavy atom. The lowest BCUT2D eigenvalue weighted by Crippen LogP contribution is -2.35. The molecule has 0 bridgehead atoms. The topological polar surface area (TPSA) is 17.1 Å². The number of hydrogen-bond donors (Lipinski definition) is 0. The lowest BCUT2D eigenvalue weighted by Gasteiger charge is -2.33. The normalized spacial score (nSPS) is 34.7. The molecule has 0 amide bonds. The second-order valence-electron chi connectivity index (χ2n) is 3.16. The van der Waals surface area contributed by atoms with Gasteiger partial charge in [0.05, 0.1) is 0 Å². The van der Waals surface area contributed by atoms with Gasteiger partial charge in [-0.1, -0.05) is 6.92 Å². The van der Waals surface area contributed by atoms with Crippen molar-refractivity contribution in [2.75, 3.05) is 0 Å². The number of rotatable bonds is 2. The summed E-state index contributed by atoms with van der Waals surface area (Å²) in [6.07, 6.45) is 0.836. The Kier molecular flexibility index (Phi) is 2.07. The maximum atomic E-state index is 12.6. The van der Waals surface area contributed by atoms with Gasteiger partial charge in [0.25, 0.3) is 0 Å². The number of carbonyl (C=O) groups excluding carboxylic acids is 1. The zero-order valence-corrected chi connectivity index (χ0v) is 6.43. The lowest BCUT2D eigenvalue weighted by molar-refractivity contribution is -0.124. The van der Waals surface area contributed by atoms with E-state index in [4.69, 9.17) is 0 Å². The smallest absolute Gasteiger partial charge is 0.133 e. The highest BCUT2D eigenvalue weighted by Gasteiger charge is 2.36. The van der Waals surface area contributed by atoms with Gasteiger partial charge >= 0.3 is 0 Å². The molecule has 0 aromatic carbocycles. The van der Waals surface area contributed by atoms with Crippen LogP contribution in [0.1, 0.15) is 26.7 Å².